The summed E-state index contributed by atoms with van der Waals surface area (Å²) in [5, 5.41) is 25.2. The third kappa shape index (κ3) is 6.57. The SMILES string of the molecule is CNC(=NC#N)NC(C)(C)CN/C(N)=N/C#N. The van der Waals surface area contributed by atoms with Crippen LogP contribution in [0.25, 0.3) is 0 Å². The van der Waals surface area contributed by atoms with Gasteiger partial charge in [-0.25, -0.2) is 0 Å². The van der Waals surface area contributed by atoms with Crippen molar-refractivity contribution in [3.63, 3.8) is 0 Å². The zero-order valence-electron chi connectivity index (χ0n) is 10.1. The highest BCUT2D eigenvalue weighted by Crippen LogP contribution is 1.99. The lowest BCUT2D eigenvalue weighted by Gasteiger charge is -2.27. The van der Waals surface area contributed by atoms with E-state index in [4.69, 9.17) is 16.3 Å². The summed E-state index contributed by atoms with van der Waals surface area (Å²) < 4.78 is 0. The lowest BCUT2D eigenvalue weighted by molar-refractivity contribution is 0.448. The molecule has 0 unspecified atom stereocenters. The van der Waals surface area contributed by atoms with Crippen LogP contribution in [0, 0.1) is 22.9 Å². The molecule has 0 saturated heterocycles. The molecule has 0 amide bonds. The van der Waals surface area contributed by atoms with Crippen molar-refractivity contribution in [2.75, 3.05) is 13.6 Å². The molecule has 0 aliphatic rings. The Morgan fingerprint density at radius 3 is 2.35 bits per heavy atom. The number of nitriles is 2. The Labute approximate surface area is 100 Å². The predicted octanol–water partition coefficient (Wildman–Crippen LogP) is -1.20. The van der Waals surface area contributed by atoms with E-state index in [1.807, 2.05) is 13.8 Å². The number of nitrogens with one attached hydrogen (secondary N) is 3. The smallest absolute Gasteiger partial charge is 0.209 e. The average Bonchev–Trinajstić information content (AvgIpc) is 2.26. The lowest BCUT2D eigenvalue weighted by Crippen LogP contribution is -2.55. The van der Waals surface area contributed by atoms with E-state index in [0.717, 1.165) is 0 Å². The van der Waals surface area contributed by atoms with Gasteiger partial charge in [-0.15, -0.1) is 9.98 Å². The average molecular weight is 236 g/mol. The Bertz CT molecular complexity index is 381. The zero-order valence-corrected chi connectivity index (χ0v) is 10.1. The molecule has 0 heterocycles. The first-order valence-corrected chi connectivity index (χ1v) is 4.84. The number of aliphatic imine (C=N–C) groups is 2. The fourth-order valence-electron chi connectivity index (χ4n) is 0.966. The molecule has 92 valence electrons. The molecular formula is C9H16N8. The topological polar surface area (TPSA) is 134 Å². The highest BCUT2D eigenvalue weighted by Gasteiger charge is 2.19. The largest absolute Gasteiger partial charge is 0.369 e. The van der Waals surface area contributed by atoms with Crippen LogP contribution in [0.15, 0.2) is 9.98 Å². The van der Waals surface area contributed by atoms with Gasteiger partial charge in [0, 0.05) is 13.6 Å². The molecule has 0 saturated carbocycles. The number of hydrogen-bond acceptors (Lipinski definition) is 4. The molecule has 0 aromatic carbocycles. The molecule has 8 nitrogen and oxygen atoms in total. The van der Waals surface area contributed by atoms with E-state index in [9.17, 15) is 0 Å². The third-order valence-electron chi connectivity index (χ3n) is 1.74. The molecule has 0 aromatic rings. The number of guanidine groups is 2. The van der Waals surface area contributed by atoms with Crippen LogP contribution in [0.2, 0.25) is 0 Å². The van der Waals surface area contributed by atoms with Crippen LogP contribution < -0.4 is 21.7 Å². The van der Waals surface area contributed by atoms with Gasteiger partial charge in [0.15, 0.2) is 0 Å². The normalized spacial score (nSPS) is 12.3. The monoisotopic (exact) mass is 236 g/mol. The molecular weight excluding hydrogens is 220 g/mol. The molecule has 0 aromatic heterocycles. The fourth-order valence-corrected chi connectivity index (χ4v) is 0.966. The Morgan fingerprint density at radius 2 is 1.88 bits per heavy atom. The van der Waals surface area contributed by atoms with Gasteiger partial charge in [-0.3, -0.25) is 0 Å². The summed E-state index contributed by atoms with van der Waals surface area (Å²) in [5.74, 6) is 0.403. The maximum Gasteiger partial charge on any atom is 0.209 e. The summed E-state index contributed by atoms with van der Waals surface area (Å²) in [6.07, 6.45) is 3.25. The van der Waals surface area contributed by atoms with E-state index >= 15 is 0 Å². The Kier molecular flexibility index (Phi) is 5.90. The second-order valence-electron chi connectivity index (χ2n) is 3.77. The van der Waals surface area contributed by atoms with Crippen LogP contribution in [-0.4, -0.2) is 31.1 Å². The molecule has 0 aliphatic carbocycles. The standard InChI is InChI=1S/C9H16N8/c1-9(2,4-14-7(12)15-5-10)17-8(13-3)16-6-11/h4H2,1-3H3,(H3,12,14,15)(H2,13,16,17). The van der Waals surface area contributed by atoms with Crippen molar-refractivity contribution >= 4 is 11.9 Å². The van der Waals surface area contributed by atoms with E-state index in [0.29, 0.717) is 12.5 Å². The van der Waals surface area contributed by atoms with Crippen LogP contribution in [0.5, 0.6) is 0 Å². The van der Waals surface area contributed by atoms with Crippen LogP contribution in [0.4, 0.5) is 0 Å². The van der Waals surface area contributed by atoms with Crippen molar-refractivity contribution in [3.05, 3.63) is 0 Å². The summed E-state index contributed by atoms with van der Waals surface area (Å²) in [6, 6.07) is 0. The molecule has 17 heavy (non-hydrogen) atoms. The minimum atomic E-state index is -0.422. The number of nitrogens with zero attached hydrogens (tertiary/aromatic N) is 4. The fraction of sp³-hybridized carbons (Fsp3) is 0.556. The van der Waals surface area contributed by atoms with Gasteiger partial charge >= 0.3 is 0 Å². The van der Waals surface area contributed by atoms with E-state index in [2.05, 4.69) is 25.9 Å². The van der Waals surface area contributed by atoms with E-state index < -0.39 is 5.54 Å². The van der Waals surface area contributed by atoms with Crippen LogP contribution in [-0.2, 0) is 0 Å². The molecule has 8 heteroatoms. The summed E-state index contributed by atoms with van der Waals surface area (Å²) in [4.78, 5) is 6.88. The first-order valence-electron chi connectivity index (χ1n) is 4.84. The highest BCUT2D eigenvalue weighted by molar-refractivity contribution is 5.81. The maximum absolute atomic E-state index is 8.44. The van der Waals surface area contributed by atoms with Gasteiger partial charge in [0.2, 0.25) is 24.3 Å². The molecule has 5 N–H and O–H groups in total. The van der Waals surface area contributed by atoms with Crippen LogP contribution in [0.3, 0.4) is 0 Å². The van der Waals surface area contributed by atoms with E-state index in [-0.39, 0.29) is 5.96 Å². The van der Waals surface area contributed by atoms with Crippen LogP contribution >= 0.6 is 0 Å². The molecule has 0 rings (SSSR count). The molecule has 0 atom stereocenters. The van der Waals surface area contributed by atoms with Gasteiger partial charge in [0.05, 0.1) is 5.54 Å². The van der Waals surface area contributed by atoms with Crippen molar-refractivity contribution in [1.82, 2.24) is 16.0 Å². The molecule has 0 bridgehead atoms. The Balaban J connectivity index is 4.40. The molecule has 0 fully saturated rings. The first kappa shape index (κ1) is 14.5. The maximum atomic E-state index is 8.44. The van der Waals surface area contributed by atoms with Gasteiger partial charge in [0.25, 0.3) is 0 Å². The van der Waals surface area contributed by atoms with Gasteiger partial charge in [-0.05, 0) is 13.8 Å². The molecule has 0 radical (unpaired) electrons. The first-order chi connectivity index (χ1) is 7.95. The second kappa shape index (κ2) is 6.90. The van der Waals surface area contributed by atoms with Crippen molar-refractivity contribution in [2.24, 2.45) is 15.7 Å². The minimum absolute atomic E-state index is 0.0469. The summed E-state index contributed by atoms with van der Waals surface area (Å²) in [7, 11) is 1.65. The minimum Gasteiger partial charge on any atom is -0.369 e. The second-order valence-corrected chi connectivity index (χ2v) is 3.77. The third-order valence-corrected chi connectivity index (χ3v) is 1.74. The Hall–Kier alpha value is -2.48. The van der Waals surface area contributed by atoms with Crippen molar-refractivity contribution in [2.45, 2.75) is 19.4 Å². The van der Waals surface area contributed by atoms with Crippen molar-refractivity contribution in [1.29, 1.82) is 10.5 Å². The Morgan fingerprint density at radius 1 is 1.29 bits per heavy atom. The van der Waals surface area contributed by atoms with Crippen LogP contribution in [0.1, 0.15) is 13.8 Å². The number of nitrogens with two attached hydrogens (primary N) is 1. The quantitative estimate of drug-likeness (QED) is 0.276. The van der Waals surface area contributed by atoms with Gasteiger partial charge < -0.3 is 21.7 Å². The summed E-state index contributed by atoms with van der Waals surface area (Å²) >= 11 is 0. The highest BCUT2D eigenvalue weighted by atomic mass is 15.2. The zero-order chi connectivity index (χ0) is 13.3. The van der Waals surface area contributed by atoms with E-state index in [1.54, 1.807) is 19.4 Å². The summed E-state index contributed by atoms with van der Waals surface area (Å²) in [6.45, 7) is 4.17. The molecule has 0 spiro atoms. The predicted molar refractivity (Wildman–Crippen MR) is 64.6 cm³/mol. The van der Waals surface area contributed by atoms with Gasteiger partial charge in [0.1, 0.15) is 0 Å². The lowest BCUT2D eigenvalue weighted by atomic mass is 10.1. The summed E-state index contributed by atoms with van der Waals surface area (Å²) in [5.41, 5.74) is 4.98. The number of rotatable bonds is 3. The van der Waals surface area contributed by atoms with Crippen molar-refractivity contribution in [3.8, 4) is 12.4 Å². The van der Waals surface area contributed by atoms with E-state index in [1.165, 1.54) is 0 Å². The number of hydrogen-bond donors (Lipinski definition) is 4. The van der Waals surface area contributed by atoms with Gasteiger partial charge in [-0.1, -0.05) is 0 Å². The van der Waals surface area contributed by atoms with Crippen molar-refractivity contribution < 1.29 is 0 Å². The van der Waals surface area contributed by atoms with Gasteiger partial charge in [-0.2, -0.15) is 10.5 Å². The molecule has 0 aliphatic heterocycles.